The van der Waals surface area contributed by atoms with Gasteiger partial charge in [0.15, 0.2) is 0 Å². The summed E-state index contributed by atoms with van der Waals surface area (Å²) in [4.78, 5) is 2.53. The highest BCUT2D eigenvalue weighted by atomic mass is 15.2. The molecule has 2 fully saturated rings. The van der Waals surface area contributed by atoms with Gasteiger partial charge in [-0.3, -0.25) is 0 Å². The lowest BCUT2D eigenvalue weighted by Gasteiger charge is -2.53. The molecule has 3 rings (SSSR count). The Morgan fingerprint density at radius 1 is 0.867 bits per heavy atom. The second kappa shape index (κ2) is 3.55. The van der Waals surface area contributed by atoms with E-state index >= 15 is 0 Å². The second-order valence-electron chi connectivity index (χ2n) is 5.25. The molecule has 1 aromatic carbocycles. The van der Waals surface area contributed by atoms with Crippen LogP contribution in [0.25, 0.3) is 0 Å². The highest BCUT2D eigenvalue weighted by Crippen LogP contribution is 2.45. The van der Waals surface area contributed by atoms with E-state index in [9.17, 15) is 0 Å². The number of nitrogens with zero attached hydrogens (tertiary/aromatic N) is 1. The molecule has 1 spiro atoms. The van der Waals surface area contributed by atoms with Crippen LogP contribution in [0.4, 0.5) is 5.69 Å². The van der Waals surface area contributed by atoms with E-state index in [1.165, 1.54) is 50.9 Å². The molecule has 1 heterocycles. The van der Waals surface area contributed by atoms with Gasteiger partial charge in [0.2, 0.25) is 0 Å². The van der Waals surface area contributed by atoms with E-state index in [0.29, 0.717) is 5.41 Å². The number of rotatable bonds is 1. The summed E-state index contributed by atoms with van der Waals surface area (Å²) < 4.78 is 0. The van der Waals surface area contributed by atoms with Gasteiger partial charge in [0.05, 0.1) is 0 Å². The zero-order valence-electron chi connectivity index (χ0n) is 9.28. The van der Waals surface area contributed by atoms with Crippen LogP contribution < -0.4 is 4.90 Å². The molecule has 0 bridgehead atoms. The van der Waals surface area contributed by atoms with Crippen LogP contribution in [-0.4, -0.2) is 13.1 Å². The van der Waals surface area contributed by atoms with Crippen molar-refractivity contribution in [3.8, 4) is 0 Å². The molecule has 80 valence electrons. The predicted molar refractivity (Wildman–Crippen MR) is 64.2 cm³/mol. The first-order valence-electron chi connectivity index (χ1n) is 6.18. The van der Waals surface area contributed by atoms with Crippen molar-refractivity contribution in [2.45, 2.75) is 32.1 Å². The smallest absolute Gasteiger partial charge is 0.0366 e. The van der Waals surface area contributed by atoms with Gasteiger partial charge in [-0.25, -0.2) is 0 Å². The minimum absolute atomic E-state index is 0.702. The number of hydrogen-bond donors (Lipinski definition) is 0. The third kappa shape index (κ3) is 1.64. The maximum absolute atomic E-state index is 2.53. The van der Waals surface area contributed by atoms with Gasteiger partial charge in [-0.15, -0.1) is 0 Å². The zero-order valence-corrected chi connectivity index (χ0v) is 9.28. The number of para-hydroxylation sites is 1. The van der Waals surface area contributed by atoms with Gasteiger partial charge in [0.25, 0.3) is 0 Å². The Balaban J connectivity index is 1.66. The Hall–Kier alpha value is -0.980. The van der Waals surface area contributed by atoms with Crippen LogP contribution in [-0.2, 0) is 0 Å². The van der Waals surface area contributed by atoms with E-state index in [1.807, 2.05) is 0 Å². The molecule has 1 nitrogen and oxygen atoms in total. The maximum Gasteiger partial charge on any atom is 0.0366 e. The summed E-state index contributed by atoms with van der Waals surface area (Å²) in [7, 11) is 0. The first-order valence-corrected chi connectivity index (χ1v) is 6.18. The predicted octanol–water partition coefficient (Wildman–Crippen LogP) is 3.46. The van der Waals surface area contributed by atoms with Gasteiger partial charge in [-0.05, 0) is 25.0 Å². The van der Waals surface area contributed by atoms with E-state index in [4.69, 9.17) is 0 Å². The molecule has 15 heavy (non-hydrogen) atoms. The molecule has 1 aliphatic heterocycles. The Morgan fingerprint density at radius 2 is 1.53 bits per heavy atom. The monoisotopic (exact) mass is 201 g/mol. The normalized spacial score (nSPS) is 23.9. The largest absolute Gasteiger partial charge is 0.370 e. The summed E-state index contributed by atoms with van der Waals surface area (Å²) in [6, 6.07) is 10.8. The molecular formula is C14H19N. The highest BCUT2D eigenvalue weighted by molar-refractivity contribution is 5.49. The van der Waals surface area contributed by atoms with Gasteiger partial charge in [0.1, 0.15) is 0 Å². The molecule has 0 unspecified atom stereocenters. The highest BCUT2D eigenvalue weighted by Gasteiger charge is 2.43. The number of hydrogen-bond acceptors (Lipinski definition) is 1. The van der Waals surface area contributed by atoms with Gasteiger partial charge in [-0.1, -0.05) is 37.5 Å². The fourth-order valence-electron chi connectivity index (χ4n) is 3.20. The average Bonchev–Trinajstić information content (AvgIpc) is 2.28. The maximum atomic E-state index is 2.53. The van der Waals surface area contributed by atoms with Crippen molar-refractivity contribution in [2.75, 3.05) is 18.0 Å². The molecule has 0 radical (unpaired) electrons. The van der Waals surface area contributed by atoms with Crippen molar-refractivity contribution >= 4 is 5.69 Å². The van der Waals surface area contributed by atoms with Crippen LogP contribution in [0.1, 0.15) is 32.1 Å². The number of benzene rings is 1. The fourth-order valence-corrected chi connectivity index (χ4v) is 3.20. The quantitative estimate of drug-likeness (QED) is 0.672. The molecule has 2 aliphatic rings. The molecule has 0 atom stereocenters. The summed E-state index contributed by atoms with van der Waals surface area (Å²) in [5, 5.41) is 0. The minimum atomic E-state index is 0.702. The summed E-state index contributed by atoms with van der Waals surface area (Å²) in [5.41, 5.74) is 2.11. The third-order valence-electron chi connectivity index (χ3n) is 4.09. The van der Waals surface area contributed by atoms with Crippen LogP contribution in [0.3, 0.4) is 0 Å². The fraction of sp³-hybridized carbons (Fsp3) is 0.571. The molecule has 1 aromatic rings. The van der Waals surface area contributed by atoms with Crippen LogP contribution >= 0.6 is 0 Å². The molecule has 1 saturated carbocycles. The van der Waals surface area contributed by atoms with Gasteiger partial charge < -0.3 is 4.90 Å². The van der Waals surface area contributed by atoms with Crippen LogP contribution in [0, 0.1) is 5.41 Å². The van der Waals surface area contributed by atoms with Gasteiger partial charge >= 0.3 is 0 Å². The van der Waals surface area contributed by atoms with Gasteiger partial charge in [-0.2, -0.15) is 0 Å². The Labute approximate surface area is 92.1 Å². The van der Waals surface area contributed by atoms with Crippen molar-refractivity contribution in [3.05, 3.63) is 30.3 Å². The summed E-state index contributed by atoms with van der Waals surface area (Å²) in [6.07, 6.45) is 7.32. The first-order chi connectivity index (χ1) is 7.38. The van der Waals surface area contributed by atoms with Crippen LogP contribution in [0.5, 0.6) is 0 Å². The molecular weight excluding hydrogens is 182 g/mol. The van der Waals surface area contributed by atoms with Crippen molar-refractivity contribution < 1.29 is 0 Å². The van der Waals surface area contributed by atoms with Crippen molar-refractivity contribution in [1.82, 2.24) is 0 Å². The lowest BCUT2D eigenvalue weighted by atomic mass is 9.68. The zero-order chi connectivity index (χ0) is 10.1. The average molecular weight is 201 g/mol. The number of anilines is 1. The molecule has 1 aliphatic carbocycles. The van der Waals surface area contributed by atoms with E-state index in [2.05, 4.69) is 35.2 Å². The first kappa shape index (κ1) is 9.26. The van der Waals surface area contributed by atoms with Crippen molar-refractivity contribution in [2.24, 2.45) is 5.41 Å². The molecule has 0 aromatic heterocycles. The van der Waals surface area contributed by atoms with Crippen LogP contribution in [0.15, 0.2) is 30.3 Å². The van der Waals surface area contributed by atoms with Crippen molar-refractivity contribution in [3.63, 3.8) is 0 Å². The lowest BCUT2D eigenvalue weighted by Crippen LogP contribution is -2.57. The molecule has 0 N–H and O–H groups in total. The minimum Gasteiger partial charge on any atom is -0.370 e. The summed E-state index contributed by atoms with van der Waals surface area (Å²) >= 11 is 0. The Morgan fingerprint density at radius 3 is 2.20 bits per heavy atom. The molecule has 1 heteroatoms. The SMILES string of the molecule is c1ccc(N2CC3(CCCCC3)C2)cc1. The lowest BCUT2D eigenvalue weighted by molar-refractivity contribution is 0.139. The second-order valence-corrected chi connectivity index (χ2v) is 5.25. The van der Waals surface area contributed by atoms with E-state index in [-0.39, 0.29) is 0 Å². The Bertz CT molecular complexity index is 316. The molecule has 1 saturated heterocycles. The van der Waals surface area contributed by atoms with Crippen LogP contribution in [0.2, 0.25) is 0 Å². The Kier molecular flexibility index (Phi) is 2.19. The summed E-state index contributed by atoms with van der Waals surface area (Å²) in [5.74, 6) is 0. The van der Waals surface area contributed by atoms with E-state index in [0.717, 1.165) is 0 Å². The van der Waals surface area contributed by atoms with E-state index in [1.54, 1.807) is 0 Å². The van der Waals surface area contributed by atoms with Gasteiger partial charge in [0, 0.05) is 24.2 Å². The topological polar surface area (TPSA) is 3.24 Å². The third-order valence-corrected chi connectivity index (χ3v) is 4.09. The van der Waals surface area contributed by atoms with Crippen molar-refractivity contribution in [1.29, 1.82) is 0 Å². The van der Waals surface area contributed by atoms with E-state index < -0.39 is 0 Å². The standard InChI is InChI=1S/C14H19N/c1-3-7-13(8-4-1)15-11-14(12-15)9-5-2-6-10-14/h1,3-4,7-8H,2,5-6,9-12H2. The molecule has 0 amide bonds. The summed E-state index contributed by atoms with van der Waals surface area (Å²) in [6.45, 7) is 2.61.